The van der Waals surface area contributed by atoms with Crippen LogP contribution in [0.25, 0.3) is 0 Å². The van der Waals surface area contributed by atoms with Crippen molar-refractivity contribution in [3.63, 3.8) is 0 Å². The van der Waals surface area contributed by atoms with Crippen LogP contribution in [0, 0.1) is 17.8 Å². The summed E-state index contributed by atoms with van der Waals surface area (Å²) in [6.07, 6.45) is 8.89. The molecule has 0 aromatic rings. The van der Waals surface area contributed by atoms with Crippen molar-refractivity contribution in [1.29, 1.82) is 0 Å². The molecule has 1 heteroatoms. The van der Waals surface area contributed by atoms with E-state index in [9.17, 15) is 0 Å². The highest BCUT2D eigenvalue weighted by molar-refractivity contribution is 4.91. The van der Waals surface area contributed by atoms with Gasteiger partial charge in [-0.3, -0.25) is 0 Å². The van der Waals surface area contributed by atoms with E-state index in [0.717, 1.165) is 23.8 Å². The van der Waals surface area contributed by atoms with E-state index in [0.29, 0.717) is 0 Å². The number of rotatable bonds is 1. The van der Waals surface area contributed by atoms with Crippen molar-refractivity contribution in [2.45, 2.75) is 51.5 Å². The Bertz CT molecular complexity index is 186. The molecule has 2 rings (SSSR count). The van der Waals surface area contributed by atoms with Crippen molar-refractivity contribution >= 4 is 0 Å². The quantitative estimate of drug-likeness (QED) is 0.621. The third-order valence-electron chi connectivity index (χ3n) is 4.68. The second kappa shape index (κ2) is 4.22. The maximum absolute atomic E-state index is 2.48. The van der Waals surface area contributed by atoms with Gasteiger partial charge in [-0.05, 0) is 57.5 Å². The summed E-state index contributed by atoms with van der Waals surface area (Å²) in [5, 5.41) is 0. The number of hydrogen-bond donors (Lipinski definition) is 0. The van der Waals surface area contributed by atoms with E-state index in [1.165, 1.54) is 38.5 Å². The zero-order valence-corrected chi connectivity index (χ0v) is 10.00. The molecular formula is C13H25N. The number of nitrogens with zero attached hydrogens (tertiary/aromatic N) is 1. The number of fused-ring (bicyclic) bond motifs is 1. The molecule has 0 aromatic heterocycles. The van der Waals surface area contributed by atoms with Gasteiger partial charge in [0.15, 0.2) is 0 Å². The summed E-state index contributed by atoms with van der Waals surface area (Å²) in [6, 6.07) is 0.886. The SMILES string of the molecule is CC1CCC(N(C)C)C2CCCCC12. The van der Waals surface area contributed by atoms with E-state index in [4.69, 9.17) is 0 Å². The Morgan fingerprint density at radius 1 is 0.857 bits per heavy atom. The van der Waals surface area contributed by atoms with Crippen LogP contribution in [0.15, 0.2) is 0 Å². The molecule has 2 aliphatic carbocycles. The largest absolute Gasteiger partial charge is 0.306 e. The predicted molar refractivity (Wildman–Crippen MR) is 61.3 cm³/mol. The minimum absolute atomic E-state index is 0.886. The molecule has 0 radical (unpaired) electrons. The van der Waals surface area contributed by atoms with Crippen LogP contribution in [0.4, 0.5) is 0 Å². The van der Waals surface area contributed by atoms with Crippen LogP contribution < -0.4 is 0 Å². The van der Waals surface area contributed by atoms with E-state index in [1.807, 2.05) is 0 Å². The molecule has 14 heavy (non-hydrogen) atoms. The van der Waals surface area contributed by atoms with E-state index >= 15 is 0 Å². The Balaban J connectivity index is 2.08. The molecule has 2 aliphatic rings. The summed E-state index contributed by atoms with van der Waals surface area (Å²) in [5.41, 5.74) is 0. The van der Waals surface area contributed by atoms with Crippen LogP contribution in [-0.4, -0.2) is 25.0 Å². The molecule has 2 saturated carbocycles. The first-order valence-electron chi connectivity index (χ1n) is 6.36. The molecular weight excluding hydrogens is 170 g/mol. The van der Waals surface area contributed by atoms with Gasteiger partial charge in [-0.2, -0.15) is 0 Å². The lowest BCUT2D eigenvalue weighted by Gasteiger charge is -2.47. The molecule has 0 aromatic carbocycles. The lowest BCUT2D eigenvalue weighted by Crippen LogP contribution is -2.45. The van der Waals surface area contributed by atoms with Crippen molar-refractivity contribution in [2.24, 2.45) is 17.8 Å². The van der Waals surface area contributed by atoms with Crippen LogP contribution in [-0.2, 0) is 0 Å². The molecule has 0 N–H and O–H groups in total. The maximum Gasteiger partial charge on any atom is 0.0120 e. The molecule has 0 heterocycles. The first-order chi connectivity index (χ1) is 6.70. The lowest BCUT2D eigenvalue weighted by atomic mass is 9.64. The second-order valence-electron chi connectivity index (χ2n) is 5.70. The Morgan fingerprint density at radius 3 is 2.14 bits per heavy atom. The first kappa shape index (κ1) is 10.5. The molecule has 0 bridgehead atoms. The minimum Gasteiger partial charge on any atom is -0.306 e. The summed E-state index contributed by atoms with van der Waals surface area (Å²) in [5.74, 6) is 3.06. The van der Waals surface area contributed by atoms with Gasteiger partial charge in [-0.1, -0.05) is 19.8 Å². The molecule has 0 aliphatic heterocycles. The van der Waals surface area contributed by atoms with Crippen LogP contribution >= 0.6 is 0 Å². The summed E-state index contributed by atoms with van der Waals surface area (Å²) in [4.78, 5) is 2.48. The lowest BCUT2D eigenvalue weighted by molar-refractivity contribution is 0.0344. The van der Waals surface area contributed by atoms with Crippen molar-refractivity contribution in [2.75, 3.05) is 14.1 Å². The highest BCUT2D eigenvalue weighted by Gasteiger charge is 2.39. The smallest absolute Gasteiger partial charge is 0.0120 e. The Labute approximate surface area is 88.9 Å². The second-order valence-corrected chi connectivity index (χ2v) is 5.70. The van der Waals surface area contributed by atoms with Crippen molar-refractivity contribution in [3.05, 3.63) is 0 Å². The van der Waals surface area contributed by atoms with Gasteiger partial charge in [-0.25, -0.2) is 0 Å². The summed E-state index contributed by atoms with van der Waals surface area (Å²) < 4.78 is 0. The number of hydrogen-bond acceptors (Lipinski definition) is 1. The standard InChI is InChI=1S/C13H25N/c1-10-8-9-13(14(2)3)12-7-5-4-6-11(10)12/h10-13H,4-9H2,1-3H3. The average molecular weight is 195 g/mol. The van der Waals surface area contributed by atoms with Crippen molar-refractivity contribution in [3.8, 4) is 0 Å². The molecule has 82 valence electrons. The van der Waals surface area contributed by atoms with Crippen LogP contribution in [0.5, 0.6) is 0 Å². The topological polar surface area (TPSA) is 3.24 Å². The molecule has 1 nitrogen and oxygen atoms in total. The zero-order chi connectivity index (χ0) is 10.1. The average Bonchev–Trinajstić information content (AvgIpc) is 2.18. The molecule has 0 amide bonds. The molecule has 0 saturated heterocycles. The van der Waals surface area contributed by atoms with E-state index in [-0.39, 0.29) is 0 Å². The van der Waals surface area contributed by atoms with Gasteiger partial charge in [-0.15, -0.1) is 0 Å². The summed E-state index contributed by atoms with van der Waals surface area (Å²) in [7, 11) is 4.54. The minimum atomic E-state index is 0.886. The van der Waals surface area contributed by atoms with Crippen molar-refractivity contribution < 1.29 is 0 Å². The maximum atomic E-state index is 2.48. The summed E-state index contributed by atoms with van der Waals surface area (Å²) >= 11 is 0. The van der Waals surface area contributed by atoms with Crippen molar-refractivity contribution in [1.82, 2.24) is 4.90 Å². The van der Waals surface area contributed by atoms with Gasteiger partial charge >= 0.3 is 0 Å². The fourth-order valence-corrected chi connectivity index (χ4v) is 3.88. The van der Waals surface area contributed by atoms with E-state index in [2.05, 4.69) is 25.9 Å². The fraction of sp³-hybridized carbons (Fsp3) is 1.00. The third-order valence-corrected chi connectivity index (χ3v) is 4.68. The van der Waals surface area contributed by atoms with Gasteiger partial charge in [0, 0.05) is 6.04 Å². The highest BCUT2D eigenvalue weighted by Crippen LogP contribution is 2.44. The van der Waals surface area contributed by atoms with Crippen LogP contribution in [0.1, 0.15) is 45.4 Å². The molecule has 4 unspecified atom stereocenters. The highest BCUT2D eigenvalue weighted by atomic mass is 15.1. The Kier molecular flexibility index (Phi) is 3.16. The third kappa shape index (κ3) is 1.84. The Hall–Kier alpha value is -0.0400. The molecule has 2 fully saturated rings. The molecule has 0 spiro atoms. The Morgan fingerprint density at radius 2 is 1.50 bits per heavy atom. The predicted octanol–water partition coefficient (Wildman–Crippen LogP) is 3.15. The van der Waals surface area contributed by atoms with Gasteiger partial charge in [0.1, 0.15) is 0 Å². The molecule has 4 atom stereocenters. The van der Waals surface area contributed by atoms with Crippen LogP contribution in [0.3, 0.4) is 0 Å². The monoisotopic (exact) mass is 195 g/mol. The van der Waals surface area contributed by atoms with E-state index < -0.39 is 0 Å². The van der Waals surface area contributed by atoms with E-state index in [1.54, 1.807) is 0 Å². The normalized spacial score (nSPS) is 43.7. The first-order valence-corrected chi connectivity index (χ1v) is 6.36. The zero-order valence-electron chi connectivity index (χ0n) is 10.00. The van der Waals surface area contributed by atoms with Gasteiger partial charge in [0.25, 0.3) is 0 Å². The van der Waals surface area contributed by atoms with Crippen LogP contribution in [0.2, 0.25) is 0 Å². The van der Waals surface area contributed by atoms with Gasteiger partial charge in [0.2, 0.25) is 0 Å². The van der Waals surface area contributed by atoms with Gasteiger partial charge in [0.05, 0.1) is 0 Å². The summed E-state index contributed by atoms with van der Waals surface area (Å²) in [6.45, 7) is 2.48. The van der Waals surface area contributed by atoms with Gasteiger partial charge < -0.3 is 4.90 Å². The fourth-order valence-electron chi connectivity index (χ4n) is 3.88.